The van der Waals surface area contributed by atoms with Crippen LogP contribution in [0.25, 0.3) is 0 Å². The number of nitrogens with one attached hydrogen (secondary N) is 2. The molecule has 0 aromatic carbocycles. The maximum atomic E-state index is 11.9. The molecule has 7 nitrogen and oxygen atoms in total. The molecule has 1 aromatic rings. The maximum Gasteiger partial charge on any atom is 0.306 e. The maximum absolute atomic E-state index is 11.9. The average molecular weight is 378 g/mol. The number of hydrogen-bond acceptors (Lipinski definition) is 4. The predicted octanol–water partition coefficient (Wildman–Crippen LogP) is 2.40. The zero-order valence-corrected chi connectivity index (χ0v) is 17.5. The summed E-state index contributed by atoms with van der Waals surface area (Å²) in [7, 11) is 3.74. The van der Waals surface area contributed by atoms with Crippen molar-refractivity contribution in [1.82, 2.24) is 20.4 Å². The molecule has 1 aliphatic carbocycles. The number of esters is 1. The van der Waals surface area contributed by atoms with Gasteiger partial charge in [0.25, 0.3) is 0 Å². The zero-order valence-electron chi connectivity index (χ0n) is 17.5. The van der Waals surface area contributed by atoms with Gasteiger partial charge in [-0.05, 0) is 64.9 Å². The average Bonchev–Trinajstić information content (AvgIpc) is 3.21. The Labute approximate surface area is 163 Å². The largest absolute Gasteiger partial charge is 0.462 e. The van der Waals surface area contributed by atoms with Gasteiger partial charge in [-0.25, -0.2) is 0 Å². The first-order valence-corrected chi connectivity index (χ1v) is 10.1. The van der Waals surface area contributed by atoms with Gasteiger partial charge in [-0.3, -0.25) is 14.5 Å². The first-order chi connectivity index (χ1) is 12.9. The molecule has 1 fully saturated rings. The van der Waals surface area contributed by atoms with Gasteiger partial charge < -0.3 is 15.4 Å². The first kappa shape index (κ1) is 21.3. The summed E-state index contributed by atoms with van der Waals surface area (Å²) in [6, 6.07) is 0.227. The summed E-state index contributed by atoms with van der Waals surface area (Å²) in [5.74, 6) is 0.674. The number of aliphatic imine (C=N–C) groups is 1. The fourth-order valence-corrected chi connectivity index (χ4v) is 3.59. The monoisotopic (exact) mass is 377 g/mol. The molecule has 1 aromatic heterocycles. The van der Waals surface area contributed by atoms with E-state index in [-0.39, 0.29) is 18.1 Å². The topological polar surface area (TPSA) is 80.5 Å². The van der Waals surface area contributed by atoms with Crippen molar-refractivity contribution in [2.75, 3.05) is 13.6 Å². The Kier molecular flexibility index (Phi) is 8.13. The van der Waals surface area contributed by atoms with Crippen LogP contribution in [0.1, 0.15) is 62.4 Å². The minimum atomic E-state index is -0.0810. The molecule has 2 N–H and O–H groups in total. The van der Waals surface area contributed by atoms with Crippen LogP contribution in [-0.2, 0) is 23.0 Å². The molecular weight excluding hydrogens is 342 g/mol. The van der Waals surface area contributed by atoms with E-state index < -0.39 is 0 Å². The Balaban J connectivity index is 1.68. The number of hydrogen-bond donors (Lipinski definition) is 2. The van der Waals surface area contributed by atoms with Gasteiger partial charge in [0, 0.05) is 38.8 Å². The van der Waals surface area contributed by atoms with Gasteiger partial charge in [0.05, 0.1) is 5.69 Å². The highest BCUT2D eigenvalue weighted by Crippen LogP contribution is 2.21. The number of rotatable bonds is 8. The molecule has 0 saturated heterocycles. The van der Waals surface area contributed by atoms with E-state index in [1.54, 1.807) is 7.05 Å². The number of aryl methyl sites for hydroxylation is 2. The fourth-order valence-electron chi connectivity index (χ4n) is 3.59. The second-order valence-corrected chi connectivity index (χ2v) is 7.52. The summed E-state index contributed by atoms with van der Waals surface area (Å²) in [5.41, 5.74) is 3.56. The van der Waals surface area contributed by atoms with Crippen molar-refractivity contribution in [2.45, 2.75) is 77.9 Å². The van der Waals surface area contributed by atoms with Gasteiger partial charge in [0.1, 0.15) is 6.10 Å². The molecule has 1 saturated carbocycles. The van der Waals surface area contributed by atoms with Gasteiger partial charge in [0.15, 0.2) is 5.96 Å². The van der Waals surface area contributed by atoms with Crippen molar-refractivity contribution in [3.63, 3.8) is 0 Å². The van der Waals surface area contributed by atoms with E-state index in [1.165, 1.54) is 24.1 Å². The van der Waals surface area contributed by atoms with Gasteiger partial charge in [-0.1, -0.05) is 0 Å². The minimum absolute atomic E-state index is 0.0810. The molecule has 7 heteroatoms. The minimum Gasteiger partial charge on any atom is -0.462 e. The van der Waals surface area contributed by atoms with E-state index in [0.29, 0.717) is 13.0 Å². The summed E-state index contributed by atoms with van der Waals surface area (Å²) in [6.45, 7) is 6.97. The Morgan fingerprint density at radius 2 is 2.07 bits per heavy atom. The first-order valence-electron chi connectivity index (χ1n) is 10.1. The van der Waals surface area contributed by atoms with Gasteiger partial charge >= 0.3 is 5.97 Å². The Bertz CT molecular complexity index is 647. The highest BCUT2D eigenvalue weighted by Gasteiger charge is 2.19. The van der Waals surface area contributed by atoms with Crippen LogP contribution >= 0.6 is 0 Å². The van der Waals surface area contributed by atoms with Crippen molar-refractivity contribution in [1.29, 1.82) is 0 Å². The molecular formula is C20H35N5O2. The molecule has 0 aliphatic heterocycles. The number of carbonyl (C=O) groups excluding carboxylic acids is 1. The lowest BCUT2D eigenvalue weighted by Crippen LogP contribution is -2.43. The smallest absolute Gasteiger partial charge is 0.306 e. The number of carbonyl (C=O) groups is 1. The van der Waals surface area contributed by atoms with Gasteiger partial charge in [0.2, 0.25) is 0 Å². The van der Waals surface area contributed by atoms with Crippen molar-refractivity contribution in [3.8, 4) is 0 Å². The second-order valence-electron chi connectivity index (χ2n) is 7.52. The molecule has 0 amide bonds. The highest BCUT2D eigenvalue weighted by atomic mass is 16.5. The third-order valence-electron chi connectivity index (χ3n) is 5.23. The molecule has 1 unspecified atom stereocenters. The molecule has 1 atom stereocenters. The molecule has 0 bridgehead atoms. The Hall–Kier alpha value is -2.05. The fraction of sp³-hybridized carbons (Fsp3) is 0.750. The van der Waals surface area contributed by atoms with Crippen LogP contribution in [-0.4, -0.2) is 47.4 Å². The van der Waals surface area contributed by atoms with E-state index in [4.69, 9.17) is 4.74 Å². The number of nitrogens with zero attached hydrogens (tertiary/aromatic N) is 3. The van der Waals surface area contributed by atoms with E-state index in [0.717, 1.165) is 37.3 Å². The number of guanidine groups is 1. The summed E-state index contributed by atoms with van der Waals surface area (Å²) in [4.78, 5) is 16.1. The number of ether oxygens (including phenoxy) is 1. The predicted molar refractivity (Wildman–Crippen MR) is 108 cm³/mol. The van der Waals surface area contributed by atoms with Crippen LogP contribution in [0.3, 0.4) is 0 Å². The van der Waals surface area contributed by atoms with Crippen molar-refractivity contribution in [3.05, 3.63) is 17.0 Å². The molecule has 2 rings (SSSR count). The van der Waals surface area contributed by atoms with E-state index in [2.05, 4.69) is 34.6 Å². The highest BCUT2D eigenvalue weighted by molar-refractivity contribution is 5.80. The molecule has 152 valence electrons. The van der Waals surface area contributed by atoms with Crippen LogP contribution in [0.2, 0.25) is 0 Å². The van der Waals surface area contributed by atoms with Crippen molar-refractivity contribution >= 4 is 11.9 Å². The molecule has 1 aliphatic rings. The SMILES string of the molecule is CN=C(NCCCC(=O)OC1CCCC1)NC(C)Cc1c(C)nn(C)c1C. The van der Waals surface area contributed by atoms with Crippen LogP contribution in [0.15, 0.2) is 4.99 Å². The van der Waals surface area contributed by atoms with Crippen LogP contribution in [0.5, 0.6) is 0 Å². The van der Waals surface area contributed by atoms with Crippen molar-refractivity contribution in [2.24, 2.45) is 12.0 Å². The Morgan fingerprint density at radius 1 is 1.37 bits per heavy atom. The standard InChI is InChI=1S/C20H35N5O2/c1-14(13-18-15(2)24-25(5)16(18)3)23-20(21-4)22-12-8-11-19(26)27-17-9-6-7-10-17/h14,17H,6-13H2,1-5H3,(H2,21,22,23). The van der Waals surface area contributed by atoms with Crippen LogP contribution in [0.4, 0.5) is 0 Å². The summed E-state index contributed by atoms with van der Waals surface area (Å²) >= 11 is 0. The lowest BCUT2D eigenvalue weighted by molar-refractivity contribution is -0.148. The van der Waals surface area contributed by atoms with Crippen LogP contribution < -0.4 is 10.6 Å². The van der Waals surface area contributed by atoms with Crippen molar-refractivity contribution < 1.29 is 9.53 Å². The van der Waals surface area contributed by atoms with Gasteiger partial charge in [-0.15, -0.1) is 0 Å². The zero-order chi connectivity index (χ0) is 19.8. The van der Waals surface area contributed by atoms with E-state index in [9.17, 15) is 4.79 Å². The van der Waals surface area contributed by atoms with Crippen LogP contribution in [0, 0.1) is 13.8 Å². The Morgan fingerprint density at radius 3 is 2.67 bits per heavy atom. The normalized spacial score (nSPS) is 16.4. The molecule has 27 heavy (non-hydrogen) atoms. The summed E-state index contributed by atoms with van der Waals surface area (Å²) in [5, 5.41) is 11.2. The molecule has 0 spiro atoms. The quantitative estimate of drug-likeness (QED) is 0.315. The lowest BCUT2D eigenvalue weighted by atomic mass is 10.1. The third-order valence-corrected chi connectivity index (χ3v) is 5.23. The number of aromatic nitrogens is 2. The van der Waals surface area contributed by atoms with Gasteiger partial charge in [-0.2, -0.15) is 5.10 Å². The van der Waals surface area contributed by atoms with E-state index >= 15 is 0 Å². The lowest BCUT2D eigenvalue weighted by Gasteiger charge is -2.18. The second kappa shape index (κ2) is 10.3. The summed E-state index contributed by atoms with van der Waals surface area (Å²) in [6.07, 6.45) is 6.63. The third kappa shape index (κ3) is 6.56. The molecule has 1 heterocycles. The van der Waals surface area contributed by atoms with E-state index in [1.807, 2.05) is 18.7 Å². The summed E-state index contributed by atoms with van der Waals surface area (Å²) < 4.78 is 7.41. The molecule has 0 radical (unpaired) electrons.